The lowest BCUT2D eigenvalue weighted by Gasteiger charge is -2.12. The van der Waals surface area contributed by atoms with E-state index in [0.717, 1.165) is 48.6 Å². The molecule has 0 aliphatic rings. The van der Waals surface area contributed by atoms with Crippen molar-refractivity contribution in [2.24, 2.45) is 0 Å². The van der Waals surface area contributed by atoms with Crippen LogP contribution in [0.3, 0.4) is 0 Å². The number of hydrogen-bond acceptors (Lipinski definition) is 6. The molecule has 0 spiro atoms. The van der Waals surface area contributed by atoms with E-state index in [2.05, 4.69) is 98.6 Å². The van der Waals surface area contributed by atoms with Crippen molar-refractivity contribution in [2.75, 3.05) is 0 Å². The minimum atomic E-state index is 0.761. The Bertz CT molecular complexity index is 1640. The van der Waals surface area contributed by atoms with Crippen molar-refractivity contribution in [1.29, 1.82) is 0 Å². The van der Waals surface area contributed by atoms with E-state index in [1.165, 1.54) is 22.9 Å². The molecule has 0 unspecified atom stereocenters. The summed E-state index contributed by atoms with van der Waals surface area (Å²) < 4.78 is 2.12. The Morgan fingerprint density at radius 1 is 0.771 bits per heavy atom. The maximum absolute atomic E-state index is 4.69. The summed E-state index contributed by atoms with van der Waals surface area (Å²) in [5, 5.41) is 14.1. The Morgan fingerprint density at radius 3 is 2.26 bits per heavy atom. The highest BCUT2D eigenvalue weighted by atomic mass is 32.2. The number of thiophene rings is 1. The van der Waals surface area contributed by atoms with Gasteiger partial charge in [0.2, 0.25) is 5.16 Å². The maximum Gasteiger partial charge on any atom is 0.202 e. The standard InChI is InChI=1S/C28H21N5S2/c1-18-13-14-22(15-19(18)2)33-25(21-11-7-4-8-12-21)31-32-28(33)35-27-24-23(20-9-5-3-6-10-20)16-34-26(24)29-17-30-27/h3-17H,1-2H3. The predicted molar refractivity (Wildman–Crippen MR) is 143 cm³/mol. The van der Waals surface area contributed by atoms with Crippen molar-refractivity contribution in [3.63, 3.8) is 0 Å². The molecule has 0 radical (unpaired) electrons. The highest BCUT2D eigenvalue weighted by Gasteiger charge is 2.20. The van der Waals surface area contributed by atoms with Crippen molar-refractivity contribution in [3.8, 4) is 28.2 Å². The normalized spacial score (nSPS) is 11.3. The summed E-state index contributed by atoms with van der Waals surface area (Å²) in [6, 6.07) is 27.0. The van der Waals surface area contributed by atoms with Gasteiger partial charge in [-0.25, -0.2) is 9.97 Å². The van der Waals surface area contributed by atoms with Gasteiger partial charge in [-0.15, -0.1) is 21.5 Å². The summed E-state index contributed by atoms with van der Waals surface area (Å²) in [4.78, 5) is 10.2. The van der Waals surface area contributed by atoms with E-state index in [4.69, 9.17) is 0 Å². The van der Waals surface area contributed by atoms with Crippen LogP contribution in [-0.2, 0) is 0 Å². The van der Waals surface area contributed by atoms with Gasteiger partial charge in [0, 0.05) is 16.5 Å². The number of nitrogens with zero attached hydrogens (tertiary/aromatic N) is 5. The summed E-state index contributed by atoms with van der Waals surface area (Å²) >= 11 is 3.15. The predicted octanol–water partition coefficient (Wildman–Crippen LogP) is 7.37. The first-order valence-corrected chi connectivity index (χ1v) is 12.9. The van der Waals surface area contributed by atoms with E-state index in [1.54, 1.807) is 17.7 Å². The number of benzene rings is 3. The van der Waals surface area contributed by atoms with E-state index >= 15 is 0 Å². The first-order valence-electron chi connectivity index (χ1n) is 11.2. The van der Waals surface area contributed by atoms with Crippen LogP contribution in [-0.4, -0.2) is 24.7 Å². The average Bonchev–Trinajstić information content (AvgIpc) is 3.52. The molecule has 0 atom stereocenters. The lowest BCUT2D eigenvalue weighted by atomic mass is 10.1. The largest absolute Gasteiger partial charge is 0.270 e. The molecule has 0 amide bonds. The van der Waals surface area contributed by atoms with Gasteiger partial charge in [-0.1, -0.05) is 66.7 Å². The zero-order chi connectivity index (χ0) is 23.8. The number of aromatic nitrogens is 5. The molecular formula is C28H21N5S2. The van der Waals surface area contributed by atoms with Gasteiger partial charge in [-0.05, 0) is 54.4 Å². The molecule has 0 saturated heterocycles. The summed E-state index contributed by atoms with van der Waals surface area (Å²) in [7, 11) is 0. The van der Waals surface area contributed by atoms with Crippen LogP contribution in [0.15, 0.2) is 101 Å². The third kappa shape index (κ3) is 4.03. The molecule has 7 heteroatoms. The minimum absolute atomic E-state index is 0.761. The van der Waals surface area contributed by atoms with Gasteiger partial charge < -0.3 is 0 Å². The fraction of sp³-hybridized carbons (Fsp3) is 0.0714. The second-order valence-corrected chi connectivity index (χ2v) is 10.1. The van der Waals surface area contributed by atoms with Crippen molar-refractivity contribution in [1.82, 2.24) is 24.7 Å². The molecule has 5 nitrogen and oxygen atoms in total. The Hall–Kier alpha value is -3.81. The van der Waals surface area contributed by atoms with E-state index in [9.17, 15) is 0 Å². The SMILES string of the molecule is Cc1ccc(-n2c(Sc3ncnc4scc(-c5ccccc5)c34)nnc2-c2ccccc2)cc1C. The number of hydrogen-bond donors (Lipinski definition) is 0. The van der Waals surface area contributed by atoms with Crippen LogP contribution in [0.25, 0.3) is 38.4 Å². The fourth-order valence-electron chi connectivity index (χ4n) is 4.05. The first kappa shape index (κ1) is 21.7. The smallest absolute Gasteiger partial charge is 0.202 e. The molecule has 3 aromatic heterocycles. The Balaban J connectivity index is 1.52. The summed E-state index contributed by atoms with van der Waals surface area (Å²) in [5.74, 6) is 0.801. The highest BCUT2D eigenvalue weighted by molar-refractivity contribution is 7.99. The lowest BCUT2D eigenvalue weighted by Crippen LogP contribution is -2.01. The Labute approximate surface area is 211 Å². The van der Waals surface area contributed by atoms with Crippen molar-refractivity contribution in [3.05, 3.63) is 102 Å². The van der Waals surface area contributed by atoms with Gasteiger partial charge in [-0.3, -0.25) is 4.57 Å². The molecule has 170 valence electrons. The molecule has 6 aromatic rings. The number of fused-ring (bicyclic) bond motifs is 1. The number of rotatable bonds is 5. The second kappa shape index (κ2) is 9.09. The molecule has 0 aliphatic heterocycles. The summed E-state index contributed by atoms with van der Waals surface area (Å²) in [5.41, 5.74) is 6.79. The number of aryl methyl sites for hydroxylation is 2. The molecular weight excluding hydrogens is 470 g/mol. The highest BCUT2D eigenvalue weighted by Crippen LogP contribution is 2.40. The van der Waals surface area contributed by atoms with Crippen molar-refractivity contribution >= 4 is 33.3 Å². The molecule has 0 saturated carbocycles. The monoisotopic (exact) mass is 491 g/mol. The molecule has 35 heavy (non-hydrogen) atoms. The molecule has 0 N–H and O–H groups in total. The van der Waals surface area contributed by atoms with Crippen molar-refractivity contribution < 1.29 is 0 Å². The second-order valence-electron chi connectivity index (χ2n) is 8.25. The third-order valence-electron chi connectivity index (χ3n) is 6.02. The Kier molecular flexibility index (Phi) is 5.64. The lowest BCUT2D eigenvalue weighted by molar-refractivity contribution is 0.882. The van der Waals surface area contributed by atoms with E-state index in [0.29, 0.717) is 0 Å². The van der Waals surface area contributed by atoms with Gasteiger partial charge in [-0.2, -0.15) is 0 Å². The Morgan fingerprint density at radius 2 is 1.51 bits per heavy atom. The minimum Gasteiger partial charge on any atom is -0.270 e. The summed E-state index contributed by atoms with van der Waals surface area (Å²) in [6.07, 6.45) is 1.63. The van der Waals surface area contributed by atoms with Crippen LogP contribution in [0.5, 0.6) is 0 Å². The maximum atomic E-state index is 4.69. The van der Waals surface area contributed by atoms with Crippen LogP contribution in [0.2, 0.25) is 0 Å². The van der Waals surface area contributed by atoms with Crippen LogP contribution in [0.4, 0.5) is 0 Å². The van der Waals surface area contributed by atoms with Gasteiger partial charge in [0.05, 0.1) is 11.1 Å². The molecule has 3 heterocycles. The third-order valence-corrected chi connectivity index (χ3v) is 7.86. The van der Waals surface area contributed by atoms with E-state index in [-0.39, 0.29) is 0 Å². The zero-order valence-corrected chi connectivity index (χ0v) is 20.8. The van der Waals surface area contributed by atoms with Gasteiger partial charge in [0.1, 0.15) is 16.2 Å². The fourth-order valence-corrected chi connectivity index (χ4v) is 5.98. The van der Waals surface area contributed by atoms with E-state index < -0.39 is 0 Å². The topological polar surface area (TPSA) is 56.5 Å². The van der Waals surface area contributed by atoms with E-state index in [1.807, 2.05) is 24.3 Å². The average molecular weight is 492 g/mol. The molecule has 3 aromatic carbocycles. The van der Waals surface area contributed by atoms with Crippen LogP contribution in [0.1, 0.15) is 11.1 Å². The first-order chi connectivity index (χ1) is 17.2. The van der Waals surface area contributed by atoms with Crippen LogP contribution in [0, 0.1) is 13.8 Å². The van der Waals surface area contributed by atoms with Crippen LogP contribution >= 0.6 is 23.1 Å². The molecule has 0 aliphatic carbocycles. The molecule has 0 fully saturated rings. The zero-order valence-electron chi connectivity index (χ0n) is 19.2. The van der Waals surface area contributed by atoms with Gasteiger partial charge in [0.15, 0.2) is 5.82 Å². The van der Waals surface area contributed by atoms with Crippen molar-refractivity contribution in [2.45, 2.75) is 24.0 Å². The quantitative estimate of drug-likeness (QED) is 0.236. The molecule has 6 rings (SSSR count). The van der Waals surface area contributed by atoms with Gasteiger partial charge >= 0.3 is 0 Å². The van der Waals surface area contributed by atoms with Crippen LogP contribution < -0.4 is 0 Å². The summed E-state index contributed by atoms with van der Waals surface area (Å²) in [6.45, 7) is 4.25. The molecule has 0 bridgehead atoms. The van der Waals surface area contributed by atoms with Gasteiger partial charge in [0.25, 0.3) is 0 Å².